The molecule has 1 aromatic carbocycles. The van der Waals surface area contributed by atoms with Gasteiger partial charge in [-0.1, -0.05) is 22.9 Å². The van der Waals surface area contributed by atoms with E-state index in [9.17, 15) is 13.2 Å². The Morgan fingerprint density at radius 2 is 1.82 bits per heavy atom. The highest BCUT2D eigenvalue weighted by Crippen LogP contribution is 2.16. The van der Waals surface area contributed by atoms with Crippen LogP contribution in [-0.4, -0.2) is 39.7 Å². The second-order valence-corrected chi connectivity index (χ2v) is 8.00. The summed E-state index contributed by atoms with van der Waals surface area (Å²) < 4.78 is 25.0. The average molecular weight is 391 g/mol. The van der Waals surface area contributed by atoms with E-state index in [1.807, 2.05) is 0 Å². The number of sulfone groups is 1. The second-order valence-electron chi connectivity index (χ2n) is 4.98. The van der Waals surface area contributed by atoms with Gasteiger partial charge in [0.15, 0.2) is 9.84 Å². The summed E-state index contributed by atoms with van der Waals surface area (Å²) in [5, 5.41) is 5.95. The van der Waals surface area contributed by atoms with Gasteiger partial charge in [-0.2, -0.15) is 0 Å². The number of nitrogens with one attached hydrogen (secondary N) is 2. The van der Waals surface area contributed by atoms with Crippen molar-refractivity contribution in [2.24, 2.45) is 0 Å². The molecular weight excluding hydrogens is 368 g/mol. The SMILES string of the molecule is CCCNCCNC(=O)CCCS(=O)(=O)c1ccc(Br)cc1. The van der Waals surface area contributed by atoms with Crippen LogP contribution >= 0.6 is 15.9 Å². The van der Waals surface area contributed by atoms with E-state index in [0.717, 1.165) is 24.0 Å². The lowest BCUT2D eigenvalue weighted by molar-refractivity contribution is -0.121. The van der Waals surface area contributed by atoms with Gasteiger partial charge in [0.2, 0.25) is 5.91 Å². The van der Waals surface area contributed by atoms with Gasteiger partial charge in [-0.05, 0) is 43.7 Å². The first-order valence-electron chi connectivity index (χ1n) is 7.41. The largest absolute Gasteiger partial charge is 0.355 e. The van der Waals surface area contributed by atoms with Crippen molar-refractivity contribution in [3.63, 3.8) is 0 Å². The van der Waals surface area contributed by atoms with Gasteiger partial charge < -0.3 is 10.6 Å². The van der Waals surface area contributed by atoms with Crippen LogP contribution in [-0.2, 0) is 14.6 Å². The lowest BCUT2D eigenvalue weighted by Crippen LogP contribution is -2.32. The van der Waals surface area contributed by atoms with Crippen LogP contribution in [0, 0.1) is 0 Å². The molecule has 0 radical (unpaired) electrons. The van der Waals surface area contributed by atoms with Gasteiger partial charge in [-0.25, -0.2) is 8.42 Å². The molecular formula is C15H23BrN2O3S. The molecule has 124 valence electrons. The Morgan fingerprint density at radius 3 is 2.45 bits per heavy atom. The van der Waals surface area contributed by atoms with Gasteiger partial charge in [0.05, 0.1) is 10.6 Å². The molecule has 0 aliphatic carbocycles. The van der Waals surface area contributed by atoms with Crippen LogP contribution in [0.4, 0.5) is 0 Å². The average Bonchev–Trinajstić information content (AvgIpc) is 2.47. The van der Waals surface area contributed by atoms with Crippen molar-refractivity contribution in [2.75, 3.05) is 25.4 Å². The molecule has 0 saturated heterocycles. The van der Waals surface area contributed by atoms with Gasteiger partial charge in [0.25, 0.3) is 0 Å². The number of hydrogen-bond donors (Lipinski definition) is 2. The van der Waals surface area contributed by atoms with E-state index in [1.165, 1.54) is 0 Å². The molecule has 0 aromatic heterocycles. The van der Waals surface area contributed by atoms with Crippen LogP contribution in [0.2, 0.25) is 0 Å². The van der Waals surface area contributed by atoms with Crippen molar-refractivity contribution < 1.29 is 13.2 Å². The number of benzene rings is 1. The molecule has 0 spiro atoms. The molecule has 0 saturated carbocycles. The minimum absolute atomic E-state index is 0.0177. The van der Waals surface area contributed by atoms with Crippen LogP contribution in [0.25, 0.3) is 0 Å². The third kappa shape index (κ3) is 7.38. The molecule has 0 aliphatic rings. The standard InChI is InChI=1S/C15H23BrN2O3S/c1-2-9-17-10-11-18-15(19)4-3-12-22(20,21)14-7-5-13(16)6-8-14/h5-8,17H,2-4,9-12H2,1H3,(H,18,19). The summed E-state index contributed by atoms with van der Waals surface area (Å²) in [5.74, 6) is -0.125. The van der Waals surface area contributed by atoms with Crippen molar-refractivity contribution in [3.05, 3.63) is 28.7 Å². The third-order valence-corrected chi connectivity index (χ3v) is 5.39. The van der Waals surface area contributed by atoms with E-state index in [0.29, 0.717) is 17.9 Å². The van der Waals surface area contributed by atoms with Crippen LogP contribution in [0.15, 0.2) is 33.6 Å². The Balaban J connectivity index is 2.28. The molecule has 0 unspecified atom stereocenters. The van der Waals surface area contributed by atoms with Gasteiger partial charge >= 0.3 is 0 Å². The minimum atomic E-state index is -3.32. The molecule has 5 nitrogen and oxygen atoms in total. The second kappa shape index (κ2) is 9.97. The van der Waals surface area contributed by atoms with Crippen LogP contribution in [0.3, 0.4) is 0 Å². The van der Waals surface area contributed by atoms with Crippen LogP contribution < -0.4 is 10.6 Å². The fourth-order valence-corrected chi connectivity index (χ4v) is 3.44. The number of rotatable bonds is 10. The number of carbonyl (C=O) groups is 1. The Morgan fingerprint density at radius 1 is 1.14 bits per heavy atom. The van der Waals surface area contributed by atoms with Crippen molar-refractivity contribution in [1.29, 1.82) is 0 Å². The van der Waals surface area contributed by atoms with E-state index in [-0.39, 0.29) is 18.1 Å². The fraction of sp³-hybridized carbons (Fsp3) is 0.533. The molecule has 1 amide bonds. The van der Waals surface area contributed by atoms with E-state index in [2.05, 4.69) is 33.5 Å². The fourth-order valence-electron chi connectivity index (χ4n) is 1.86. The highest BCUT2D eigenvalue weighted by molar-refractivity contribution is 9.10. The molecule has 7 heteroatoms. The number of halogens is 1. The minimum Gasteiger partial charge on any atom is -0.355 e. The molecule has 1 aromatic rings. The highest BCUT2D eigenvalue weighted by Gasteiger charge is 2.14. The maximum atomic E-state index is 12.1. The summed E-state index contributed by atoms with van der Waals surface area (Å²) in [6.45, 7) is 4.31. The Labute approximate surface area is 140 Å². The first-order chi connectivity index (χ1) is 10.5. The van der Waals surface area contributed by atoms with E-state index in [1.54, 1.807) is 24.3 Å². The Hall–Kier alpha value is -0.920. The molecule has 0 fully saturated rings. The van der Waals surface area contributed by atoms with Gasteiger partial charge in [0, 0.05) is 24.0 Å². The zero-order valence-corrected chi connectivity index (χ0v) is 15.2. The number of amides is 1. The third-order valence-electron chi connectivity index (χ3n) is 3.04. The van der Waals surface area contributed by atoms with Crippen molar-refractivity contribution in [1.82, 2.24) is 10.6 Å². The molecule has 22 heavy (non-hydrogen) atoms. The van der Waals surface area contributed by atoms with E-state index < -0.39 is 9.84 Å². The summed E-state index contributed by atoms with van der Waals surface area (Å²) in [6.07, 6.45) is 1.61. The normalized spacial score (nSPS) is 11.4. The van der Waals surface area contributed by atoms with E-state index >= 15 is 0 Å². The topological polar surface area (TPSA) is 75.3 Å². The quantitative estimate of drug-likeness (QED) is 0.599. The van der Waals surface area contributed by atoms with E-state index in [4.69, 9.17) is 0 Å². The molecule has 0 atom stereocenters. The predicted octanol–water partition coefficient (Wildman–Crippen LogP) is 2.12. The molecule has 0 aliphatic heterocycles. The summed E-state index contributed by atoms with van der Waals surface area (Å²) in [5.41, 5.74) is 0. The lowest BCUT2D eigenvalue weighted by Gasteiger charge is -2.07. The number of hydrogen-bond acceptors (Lipinski definition) is 4. The van der Waals surface area contributed by atoms with Gasteiger partial charge in [-0.3, -0.25) is 4.79 Å². The Bertz CT molecular complexity index is 559. The predicted molar refractivity (Wildman–Crippen MR) is 91.6 cm³/mol. The van der Waals surface area contributed by atoms with Crippen molar-refractivity contribution in [2.45, 2.75) is 31.1 Å². The molecule has 2 N–H and O–H groups in total. The summed E-state index contributed by atoms with van der Waals surface area (Å²) in [6, 6.07) is 6.53. The summed E-state index contributed by atoms with van der Waals surface area (Å²) in [7, 11) is -3.32. The molecule has 1 rings (SSSR count). The highest BCUT2D eigenvalue weighted by atomic mass is 79.9. The van der Waals surface area contributed by atoms with Gasteiger partial charge in [0.1, 0.15) is 0 Å². The lowest BCUT2D eigenvalue weighted by atomic mass is 10.3. The zero-order valence-electron chi connectivity index (χ0n) is 12.8. The molecule has 0 bridgehead atoms. The monoisotopic (exact) mass is 390 g/mol. The van der Waals surface area contributed by atoms with Crippen molar-refractivity contribution in [3.8, 4) is 0 Å². The molecule has 0 heterocycles. The smallest absolute Gasteiger partial charge is 0.220 e. The summed E-state index contributed by atoms with van der Waals surface area (Å²) in [4.78, 5) is 11.9. The maximum absolute atomic E-state index is 12.1. The first kappa shape index (κ1) is 19.1. The van der Waals surface area contributed by atoms with Crippen molar-refractivity contribution >= 4 is 31.7 Å². The first-order valence-corrected chi connectivity index (χ1v) is 9.86. The number of carbonyl (C=O) groups excluding carboxylic acids is 1. The summed E-state index contributed by atoms with van der Waals surface area (Å²) >= 11 is 3.27. The van der Waals surface area contributed by atoms with Gasteiger partial charge in [-0.15, -0.1) is 0 Å². The van der Waals surface area contributed by atoms with Crippen LogP contribution in [0.5, 0.6) is 0 Å². The maximum Gasteiger partial charge on any atom is 0.220 e. The van der Waals surface area contributed by atoms with Crippen LogP contribution in [0.1, 0.15) is 26.2 Å². The Kier molecular flexibility index (Phi) is 8.67. The zero-order chi connectivity index (χ0) is 16.4.